The second-order valence-corrected chi connectivity index (χ2v) is 8.55. The van der Waals surface area contributed by atoms with E-state index in [2.05, 4.69) is 29.4 Å². The molecule has 0 radical (unpaired) electrons. The smallest absolute Gasteiger partial charge is 0.247 e. The summed E-state index contributed by atoms with van der Waals surface area (Å²) >= 11 is 0. The van der Waals surface area contributed by atoms with Gasteiger partial charge in [-0.3, -0.25) is 14.5 Å². The predicted molar refractivity (Wildman–Crippen MR) is 120 cm³/mol. The van der Waals surface area contributed by atoms with E-state index in [-0.39, 0.29) is 23.8 Å². The van der Waals surface area contributed by atoms with Crippen LogP contribution in [-0.2, 0) is 14.3 Å². The van der Waals surface area contributed by atoms with Gasteiger partial charge in [0.25, 0.3) is 0 Å². The Balaban J connectivity index is 2.10. The standard InChI is InChI=1S/C24H39N3O3/c1-5-19(6-2)21(27-12-14-30-15-13-27)17-25-24(29)23(20-10-8-7-9-11-20)26-22(28)16-18(3)4/h7-11,18-19,21,23H,5-6,12-17H2,1-4H3,(H,25,29)(H,26,28). The first-order chi connectivity index (χ1) is 14.5. The predicted octanol–water partition coefficient (Wildman–Crippen LogP) is 3.14. The van der Waals surface area contributed by atoms with Crippen molar-refractivity contribution in [1.82, 2.24) is 15.5 Å². The molecule has 2 amide bonds. The average Bonchev–Trinajstić information content (AvgIpc) is 2.75. The van der Waals surface area contributed by atoms with Crippen LogP contribution in [0.3, 0.4) is 0 Å². The van der Waals surface area contributed by atoms with Crippen LogP contribution in [0, 0.1) is 11.8 Å². The quantitative estimate of drug-likeness (QED) is 0.580. The molecule has 0 spiro atoms. The van der Waals surface area contributed by atoms with E-state index in [4.69, 9.17) is 4.74 Å². The first-order valence-electron chi connectivity index (χ1n) is 11.4. The Kier molecular flexibility index (Phi) is 10.3. The fraction of sp³-hybridized carbons (Fsp3) is 0.667. The maximum atomic E-state index is 13.2. The molecule has 2 rings (SSSR count). The zero-order valence-corrected chi connectivity index (χ0v) is 19.0. The minimum absolute atomic E-state index is 0.0984. The molecule has 0 aliphatic carbocycles. The molecule has 1 aromatic carbocycles. The molecule has 0 bridgehead atoms. The summed E-state index contributed by atoms with van der Waals surface area (Å²) < 4.78 is 5.52. The second-order valence-electron chi connectivity index (χ2n) is 8.55. The van der Waals surface area contributed by atoms with Gasteiger partial charge in [0, 0.05) is 32.1 Å². The van der Waals surface area contributed by atoms with Gasteiger partial charge >= 0.3 is 0 Å². The molecular weight excluding hydrogens is 378 g/mol. The van der Waals surface area contributed by atoms with Crippen molar-refractivity contribution >= 4 is 11.8 Å². The van der Waals surface area contributed by atoms with Crippen molar-refractivity contribution in [2.75, 3.05) is 32.8 Å². The fourth-order valence-electron chi connectivity index (χ4n) is 4.18. The molecule has 6 nitrogen and oxygen atoms in total. The van der Waals surface area contributed by atoms with Crippen LogP contribution in [0.4, 0.5) is 0 Å². The van der Waals surface area contributed by atoms with E-state index in [1.165, 1.54) is 0 Å². The molecule has 168 valence electrons. The van der Waals surface area contributed by atoms with Crippen molar-refractivity contribution in [2.24, 2.45) is 11.8 Å². The molecule has 0 saturated carbocycles. The molecule has 1 saturated heterocycles. The van der Waals surface area contributed by atoms with Gasteiger partial charge in [-0.05, 0) is 17.4 Å². The van der Waals surface area contributed by atoms with Gasteiger partial charge in [-0.2, -0.15) is 0 Å². The Labute approximate surface area is 181 Å². The van der Waals surface area contributed by atoms with Crippen molar-refractivity contribution in [3.63, 3.8) is 0 Å². The van der Waals surface area contributed by atoms with Crippen molar-refractivity contribution < 1.29 is 14.3 Å². The first-order valence-corrected chi connectivity index (χ1v) is 11.4. The third kappa shape index (κ3) is 7.40. The molecular formula is C24H39N3O3. The summed E-state index contributed by atoms with van der Waals surface area (Å²) in [7, 11) is 0. The highest BCUT2D eigenvalue weighted by atomic mass is 16.5. The van der Waals surface area contributed by atoms with Crippen LogP contribution >= 0.6 is 0 Å². The van der Waals surface area contributed by atoms with Crippen LogP contribution < -0.4 is 10.6 Å². The van der Waals surface area contributed by atoms with Gasteiger partial charge in [0.15, 0.2) is 0 Å². The Bertz CT molecular complexity index is 640. The number of rotatable bonds is 11. The van der Waals surface area contributed by atoms with Crippen molar-refractivity contribution in [3.8, 4) is 0 Å². The molecule has 0 aromatic heterocycles. The number of benzene rings is 1. The molecule has 1 aromatic rings. The van der Waals surface area contributed by atoms with Crippen LogP contribution in [0.15, 0.2) is 30.3 Å². The lowest BCUT2D eigenvalue weighted by Crippen LogP contribution is -2.53. The molecule has 30 heavy (non-hydrogen) atoms. The lowest BCUT2D eigenvalue weighted by atomic mass is 9.92. The Morgan fingerprint density at radius 2 is 1.70 bits per heavy atom. The van der Waals surface area contributed by atoms with E-state index in [9.17, 15) is 9.59 Å². The highest BCUT2D eigenvalue weighted by Gasteiger charge is 2.29. The van der Waals surface area contributed by atoms with Gasteiger partial charge in [-0.25, -0.2) is 0 Å². The molecule has 1 heterocycles. The number of morpholine rings is 1. The normalized spacial score (nSPS) is 17.0. The van der Waals surface area contributed by atoms with Crippen LogP contribution in [-0.4, -0.2) is 55.6 Å². The number of hydrogen-bond donors (Lipinski definition) is 2. The first kappa shape index (κ1) is 24.4. The summed E-state index contributed by atoms with van der Waals surface area (Å²) in [6.45, 7) is 12.3. The van der Waals surface area contributed by atoms with Crippen molar-refractivity contribution in [2.45, 2.75) is 59.0 Å². The minimum Gasteiger partial charge on any atom is -0.379 e. The summed E-state index contributed by atoms with van der Waals surface area (Å²) in [5.74, 6) is 0.500. The maximum Gasteiger partial charge on any atom is 0.247 e. The third-order valence-electron chi connectivity index (χ3n) is 5.89. The number of nitrogens with zero attached hydrogens (tertiary/aromatic N) is 1. The molecule has 1 aliphatic heterocycles. The number of carbonyl (C=O) groups excluding carboxylic acids is 2. The van der Waals surface area contributed by atoms with Crippen molar-refractivity contribution in [3.05, 3.63) is 35.9 Å². The lowest BCUT2D eigenvalue weighted by molar-refractivity contribution is -0.129. The van der Waals surface area contributed by atoms with E-state index >= 15 is 0 Å². The van der Waals surface area contributed by atoms with Gasteiger partial charge in [-0.15, -0.1) is 0 Å². The minimum atomic E-state index is -0.676. The second kappa shape index (κ2) is 12.7. The number of amides is 2. The van der Waals surface area contributed by atoms with E-state index in [0.717, 1.165) is 44.7 Å². The highest BCUT2D eigenvalue weighted by Crippen LogP contribution is 2.20. The summed E-state index contributed by atoms with van der Waals surface area (Å²) in [5.41, 5.74) is 0.803. The zero-order valence-electron chi connectivity index (χ0n) is 19.0. The fourth-order valence-corrected chi connectivity index (χ4v) is 4.18. The SMILES string of the molecule is CCC(CC)C(CNC(=O)C(NC(=O)CC(C)C)c1ccccc1)N1CCOCC1. The van der Waals surface area contributed by atoms with Gasteiger partial charge in [0.05, 0.1) is 13.2 Å². The zero-order chi connectivity index (χ0) is 21.9. The number of ether oxygens (including phenoxy) is 1. The molecule has 1 aliphatic rings. The number of carbonyl (C=O) groups is 2. The maximum absolute atomic E-state index is 13.2. The lowest BCUT2D eigenvalue weighted by Gasteiger charge is -2.39. The van der Waals surface area contributed by atoms with Crippen molar-refractivity contribution in [1.29, 1.82) is 0 Å². The summed E-state index contributed by atoms with van der Waals surface area (Å²) in [5, 5.41) is 6.09. The topological polar surface area (TPSA) is 70.7 Å². The van der Waals surface area contributed by atoms with Gasteiger partial charge in [-0.1, -0.05) is 70.9 Å². The summed E-state index contributed by atoms with van der Waals surface area (Å²) in [4.78, 5) is 28.0. The summed E-state index contributed by atoms with van der Waals surface area (Å²) in [6, 6.07) is 9.08. The van der Waals surface area contributed by atoms with Gasteiger partial charge in [0.2, 0.25) is 11.8 Å². The van der Waals surface area contributed by atoms with E-state index in [1.54, 1.807) is 0 Å². The summed E-state index contributed by atoms with van der Waals surface area (Å²) in [6.07, 6.45) is 2.55. The Morgan fingerprint density at radius 1 is 1.07 bits per heavy atom. The molecule has 2 atom stereocenters. The average molecular weight is 418 g/mol. The molecule has 2 N–H and O–H groups in total. The molecule has 1 fully saturated rings. The van der Waals surface area contributed by atoms with Crippen LogP contribution in [0.5, 0.6) is 0 Å². The van der Waals surface area contributed by atoms with E-state index in [0.29, 0.717) is 18.9 Å². The third-order valence-corrected chi connectivity index (χ3v) is 5.89. The van der Waals surface area contributed by atoms with Gasteiger partial charge < -0.3 is 15.4 Å². The van der Waals surface area contributed by atoms with E-state index < -0.39 is 6.04 Å². The Hall–Kier alpha value is -1.92. The number of nitrogens with one attached hydrogen (secondary N) is 2. The monoisotopic (exact) mass is 417 g/mol. The largest absolute Gasteiger partial charge is 0.379 e. The van der Waals surface area contributed by atoms with E-state index in [1.807, 2.05) is 44.2 Å². The van der Waals surface area contributed by atoms with Gasteiger partial charge in [0.1, 0.15) is 6.04 Å². The molecule has 2 unspecified atom stereocenters. The molecule has 6 heteroatoms. The Morgan fingerprint density at radius 3 is 2.27 bits per heavy atom. The van der Waals surface area contributed by atoms with Crippen LogP contribution in [0.1, 0.15) is 58.6 Å². The highest BCUT2D eigenvalue weighted by molar-refractivity contribution is 5.88. The van der Waals surface area contributed by atoms with Crippen LogP contribution in [0.25, 0.3) is 0 Å². The van der Waals surface area contributed by atoms with Crippen LogP contribution in [0.2, 0.25) is 0 Å². The number of hydrogen-bond acceptors (Lipinski definition) is 4.